The van der Waals surface area contributed by atoms with E-state index in [4.69, 9.17) is 0 Å². The topological polar surface area (TPSA) is 12.0 Å². The third-order valence-corrected chi connectivity index (χ3v) is 4.91. The lowest BCUT2D eigenvalue weighted by Gasteiger charge is -2.26. The SMILES string of the molecule is Brc1cc(C2CCCNC2)cc2c1CCCC2. The molecule has 0 saturated carbocycles. The number of piperidine rings is 1. The monoisotopic (exact) mass is 293 g/mol. The zero-order chi connectivity index (χ0) is 11.7. The van der Waals surface area contributed by atoms with Crippen molar-refractivity contribution < 1.29 is 0 Å². The molecule has 1 fully saturated rings. The van der Waals surface area contributed by atoms with Gasteiger partial charge in [0.15, 0.2) is 0 Å². The van der Waals surface area contributed by atoms with Crippen molar-refractivity contribution in [2.24, 2.45) is 0 Å². The van der Waals surface area contributed by atoms with Crippen LogP contribution in [0.2, 0.25) is 0 Å². The van der Waals surface area contributed by atoms with E-state index in [-0.39, 0.29) is 0 Å². The quantitative estimate of drug-likeness (QED) is 0.831. The summed E-state index contributed by atoms with van der Waals surface area (Å²) < 4.78 is 1.36. The molecule has 0 aromatic heterocycles. The van der Waals surface area contributed by atoms with E-state index in [9.17, 15) is 0 Å². The first kappa shape index (κ1) is 11.7. The molecular weight excluding hydrogens is 274 g/mol. The number of rotatable bonds is 1. The summed E-state index contributed by atoms with van der Waals surface area (Å²) in [6.45, 7) is 2.35. The van der Waals surface area contributed by atoms with Gasteiger partial charge >= 0.3 is 0 Å². The van der Waals surface area contributed by atoms with Crippen molar-refractivity contribution in [1.82, 2.24) is 5.32 Å². The van der Waals surface area contributed by atoms with Gasteiger partial charge in [-0.25, -0.2) is 0 Å². The number of aryl methyl sites for hydroxylation is 1. The number of fused-ring (bicyclic) bond motifs is 1. The molecule has 3 rings (SSSR count). The Hall–Kier alpha value is -0.340. The Morgan fingerprint density at radius 2 is 2.00 bits per heavy atom. The largest absolute Gasteiger partial charge is 0.316 e. The molecule has 1 atom stereocenters. The average molecular weight is 294 g/mol. The molecule has 1 heterocycles. The maximum absolute atomic E-state index is 3.78. The minimum atomic E-state index is 0.729. The van der Waals surface area contributed by atoms with Crippen molar-refractivity contribution in [2.75, 3.05) is 13.1 Å². The molecule has 1 unspecified atom stereocenters. The number of nitrogens with one attached hydrogen (secondary N) is 1. The fraction of sp³-hybridized carbons (Fsp3) is 0.600. The Labute approximate surface area is 112 Å². The van der Waals surface area contributed by atoms with Crippen LogP contribution in [0.4, 0.5) is 0 Å². The maximum Gasteiger partial charge on any atom is 0.0212 e. The van der Waals surface area contributed by atoms with Gasteiger partial charge < -0.3 is 5.32 Å². The Morgan fingerprint density at radius 1 is 1.12 bits per heavy atom. The molecule has 0 radical (unpaired) electrons. The van der Waals surface area contributed by atoms with Gasteiger partial charge in [-0.1, -0.05) is 22.0 Å². The number of halogens is 1. The second-order valence-corrected chi connectivity index (χ2v) is 6.25. The van der Waals surface area contributed by atoms with E-state index in [2.05, 4.69) is 33.4 Å². The van der Waals surface area contributed by atoms with Gasteiger partial charge in [-0.15, -0.1) is 0 Å². The minimum Gasteiger partial charge on any atom is -0.316 e. The molecule has 0 amide bonds. The van der Waals surface area contributed by atoms with Crippen LogP contribution in [0.1, 0.15) is 48.3 Å². The lowest BCUT2D eigenvalue weighted by molar-refractivity contribution is 0.461. The highest BCUT2D eigenvalue weighted by Crippen LogP contribution is 2.33. The third kappa shape index (κ3) is 2.43. The van der Waals surface area contributed by atoms with E-state index in [0.717, 1.165) is 12.5 Å². The molecule has 17 heavy (non-hydrogen) atoms. The van der Waals surface area contributed by atoms with Crippen LogP contribution in [-0.2, 0) is 12.8 Å². The number of benzene rings is 1. The van der Waals surface area contributed by atoms with Gasteiger partial charge in [-0.05, 0) is 73.7 Å². The van der Waals surface area contributed by atoms with Gasteiger partial charge in [0.2, 0.25) is 0 Å². The summed E-state index contributed by atoms with van der Waals surface area (Å²) in [5, 5.41) is 3.52. The molecular formula is C15H20BrN. The van der Waals surface area contributed by atoms with Crippen LogP contribution in [0.3, 0.4) is 0 Å². The molecule has 1 N–H and O–H groups in total. The van der Waals surface area contributed by atoms with Gasteiger partial charge in [-0.2, -0.15) is 0 Å². The van der Waals surface area contributed by atoms with Crippen molar-refractivity contribution >= 4 is 15.9 Å². The zero-order valence-electron chi connectivity index (χ0n) is 10.3. The van der Waals surface area contributed by atoms with Crippen LogP contribution in [0, 0.1) is 0 Å². The Bertz CT molecular complexity index is 408. The summed E-state index contributed by atoms with van der Waals surface area (Å²) in [6, 6.07) is 4.86. The molecule has 1 saturated heterocycles. The van der Waals surface area contributed by atoms with E-state index in [1.807, 2.05) is 0 Å². The minimum absolute atomic E-state index is 0.729. The highest BCUT2D eigenvalue weighted by atomic mass is 79.9. The summed E-state index contributed by atoms with van der Waals surface area (Å²) >= 11 is 3.78. The number of hydrogen-bond acceptors (Lipinski definition) is 1. The van der Waals surface area contributed by atoms with Crippen molar-refractivity contribution in [2.45, 2.75) is 44.4 Å². The molecule has 2 heteroatoms. The second-order valence-electron chi connectivity index (χ2n) is 5.39. The van der Waals surface area contributed by atoms with Crippen LogP contribution < -0.4 is 5.32 Å². The molecule has 1 aliphatic carbocycles. The van der Waals surface area contributed by atoms with Gasteiger partial charge in [-0.3, -0.25) is 0 Å². The molecule has 0 spiro atoms. The molecule has 1 nitrogen and oxygen atoms in total. The Kier molecular flexibility index (Phi) is 3.53. The first-order valence-electron chi connectivity index (χ1n) is 6.86. The van der Waals surface area contributed by atoms with Crippen LogP contribution in [0.25, 0.3) is 0 Å². The second kappa shape index (κ2) is 5.11. The van der Waals surface area contributed by atoms with E-state index in [1.165, 1.54) is 49.5 Å². The first-order chi connectivity index (χ1) is 8.34. The molecule has 0 bridgehead atoms. The summed E-state index contributed by atoms with van der Waals surface area (Å²) in [4.78, 5) is 0. The standard InChI is InChI=1S/C15H20BrN/c16-15-9-13(12-5-3-7-17-10-12)8-11-4-1-2-6-14(11)15/h8-9,12,17H,1-7,10H2. The fourth-order valence-electron chi connectivity index (χ4n) is 3.21. The normalized spacial score (nSPS) is 24.4. The van der Waals surface area contributed by atoms with Crippen LogP contribution in [0.15, 0.2) is 16.6 Å². The first-order valence-corrected chi connectivity index (χ1v) is 7.66. The fourth-order valence-corrected chi connectivity index (χ4v) is 3.93. The highest BCUT2D eigenvalue weighted by Gasteiger charge is 2.19. The summed E-state index contributed by atoms with van der Waals surface area (Å²) in [5.74, 6) is 0.729. The maximum atomic E-state index is 3.78. The third-order valence-electron chi connectivity index (χ3n) is 4.20. The van der Waals surface area contributed by atoms with Crippen molar-refractivity contribution in [3.63, 3.8) is 0 Å². The van der Waals surface area contributed by atoms with E-state index in [1.54, 1.807) is 16.7 Å². The predicted molar refractivity (Wildman–Crippen MR) is 75.6 cm³/mol. The summed E-state index contributed by atoms with van der Waals surface area (Å²) in [6.07, 6.45) is 7.93. The predicted octanol–water partition coefficient (Wildman–Crippen LogP) is 3.79. The van der Waals surface area contributed by atoms with E-state index >= 15 is 0 Å². The molecule has 2 aliphatic rings. The Morgan fingerprint density at radius 3 is 2.82 bits per heavy atom. The van der Waals surface area contributed by atoms with E-state index < -0.39 is 0 Å². The lowest BCUT2D eigenvalue weighted by atomic mass is 9.85. The zero-order valence-corrected chi connectivity index (χ0v) is 11.9. The van der Waals surface area contributed by atoms with Gasteiger partial charge in [0, 0.05) is 11.0 Å². The smallest absolute Gasteiger partial charge is 0.0212 e. The van der Waals surface area contributed by atoms with Crippen LogP contribution in [0.5, 0.6) is 0 Å². The average Bonchev–Trinajstić information content (AvgIpc) is 2.40. The molecule has 1 aromatic rings. The van der Waals surface area contributed by atoms with Crippen molar-refractivity contribution in [3.05, 3.63) is 33.3 Å². The van der Waals surface area contributed by atoms with Crippen LogP contribution >= 0.6 is 15.9 Å². The summed E-state index contributed by atoms with van der Waals surface area (Å²) in [7, 11) is 0. The van der Waals surface area contributed by atoms with Crippen molar-refractivity contribution in [3.8, 4) is 0 Å². The Balaban J connectivity index is 1.92. The van der Waals surface area contributed by atoms with Crippen molar-refractivity contribution in [1.29, 1.82) is 0 Å². The van der Waals surface area contributed by atoms with Gasteiger partial charge in [0.05, 0.1) is 0 Å². The van der Waals surface area contributed by atoms with Gasteiger partial charge in [0.1, 0.15) is 0 Å². The highest BCUT2D eigenvalue weighted by molar-refractivity contribution is 9.10. The van der Waals surface area contributed by atoms with Gasteiger partial charge in [0.25, 0.3) is 0 Å². The molecule has 1 aliphatic heterocycles. The number of hydrogen-bond donors (Lipinski definition) is 1. The molecule has 92 valence electrons. The van der Waals surface area contributed by atoms with E-state index in [0.29, 0.717) is 0 Å². The lowest BCUT2D eigenvalue weighted by Crippen LogP contribution is -2.28. The molecule has 1 aromatic carbocycles. The van der Waals surface area contributed by atoms with Crippen LogP contribution in [-0.4, -0.2) is 13.1 Å². The summed E-state index contributed by atoms with van der Waals surface area (Å²) in [5.41, 5.74) is 4.72.